The van der Waals surface area contributed by atoms with Crippen molar-refractivity contribution in [2.45, 2.75) is 20.8 Å². The molecular weight excluding hydrogens is 304 g/mol. The molecule has 0 saturated heterocycles. The van der Waals surface area contributed by atoms with Crippen LogP contribution < -0.4 is 10.6 Å². The number of benzene rings is 1. The summed E-state index contributed by atoms with van der Waals surface area (Å²) in [5.74, 6) is -0.405. The molecule has 2 heterocycles. The number of anilines is 2. The van der Waals surface area contributed by atoms with Crippen LogP contribution in [0.4, 0.5) is 11.4 Å². The third kappa shape index (κ3) is 2.99. The van der Waals surface area contributed by atoms with Crippen molar-refractivity contribution >= 4 is 28.8 Å². The van der Waals surface area contributed by atoms with E-state index in [-0.39, 0.29) is 11.8 Å². The van der Waals surface area contributed by atoms with Crippen LogP contribution in [0, 0.1) is 13.8 Å². The van der Waals surface area contributed by atoms with Crippen molar-refractivity contribution in [3.8, 4) is 0 Å². The topological polar surface area (TPSA) is 75.5 Å². The Morgan fingerprint density at radius 1 is 1.04 bits per heavy atom. The maximum Gasteiger partial charge on any atom is 0.274 e. The highest BCUT2D eigenvalue weighted by atomic mass is 16.2. The van der Waals surface area contributed by atoms with Gasteiger partial charge in [0.15, 0.2) is 0 Å². The van der Waals surface area contributed by atoms with Crippen LogP contribution in [0.25, 0.3) is 5.65 Å². The van der Waals surface area contributed by atoms with Crippen molar-refractivity contribution in [2.75, 3.05) is 10.6 Å². The molecule has 6 heteroatoms. The number of carbonyl (C=O) groups excluding carboxylic acids is 2. The molecule has 0 radical (unpaired) electrons. The Labute approximate surface area is 139 Å². The Morgan fingerprint density at radius 3 is 2.46 bits per heavy atom. The zero-order chi connectivity index (χ0) is 17.3. The zero-order valence-electron chi connectivity index (χ0n) is 13.8. The maximum absolute atomic E-state index is 12.7. The summed E-state index contributed by atoms with van der Waals surface area (Å²) >= 11 is 0. The largest absolute Gasteiger partial charge is 0.326 e. The van der Waals surface area contributed by atoms with Gasteiger partial charge in [0.05, 0.1) is 5.69 Å². The second-order valence-corrected chi connectivity index (χ2v) is 5.65. The summed E-state index contributed by atoms with van der Waals surface area (Å²) < 4.78 is 1.79. The van der Waals surface area contributed by atoms with E-state index in [1.165, 1.54) is 6.92 Å². The van der Waals surface area contributed by atoms with E-state index in [0.717, 1.165) is 11.2 Å². The molecular formula is C18H18N4O2. The minimum atomic E-state index is -0.245. The van der Waals surface area contributed by atoms with Gasteiger partial charge in [0.2, 0.25) is 5.91 Å². The van der Waals surface area contributed by atoms with E-state index >= 15 is 0 Å². The lowest BCUT2D eigenvalue weighted by atomic mass is 10.2. The summed E-state index contributed by atoms with van der Waals surface area (Å²) in [6, 6.07) is 10.9. The summed E-state index contributed by atoms with van der Waals surface area (Å²) in [5, 5.41) is 5.55. The van der Waals surface area contributed by atoms with Crippen molar-refractivity contribution in [3.63, 3.8) is 0 Å². The number of amides is 2. The molecule has 0 spiro atoms. The number of imidazole rings is 1. The average molecular weight is 322 g/mol. The van der Waals surface area contributed by atoms with Crippen LogP contribution in [0.3, 0.4) is 0 Å². The zero-order valence-corrected chi connectivity index (χ0v) is 13.8. The predicted molar refractivity (Wildman–Crippen MR) is 93.4 cm³/mol. The number of fused-ring (bicyclic) bond motifs is 1. The first kappa shape index (κ1) is 15.7. The van der Waals surface area contributed by atoms with Gasteiger partial charge >= 0.3 is 0 Å². The molecule has 0 aliphatic carbocycles. The highest BCUT2D eigenvalue weighted by Crippen LogP contribution is 2.19. The first-order valence-electron chi connectivity index (χ1n) is 7.59. The molecule has 0 atom stereocenters. The van der Waals surface area contributed by atoms with Crippen molar-refractivity contribution in [1.29, 1.82) is 0 Å². The van der Waals surface area contributed by atoms with E-state index in [1.54, 1.807) is 28.7 Å². The number of rotatable bonds is 3. The van der Waals surface area contributed by atoms with Crippen LogP contribution in [0.1, 0.15) is 28.7 Å². The molecule has 1 aromatic carbocycles. The summed E-state index contributed by atoms with van der Waals surface area (Å²) in [5.41, 5.74) is 4.18. The van der Waals surface area contributed by atoms with Gasteiger partial charge in [-0.3, -0.25) is 14.0 Å². The Bertz CT molecular complexity index is 943. The summed E-state index contributed by atoms with van der Waals surface area (Å²) in [6.07, 6.45) is 1.82. The number of carbonyl (C=O) groups is 2. The third-order valence-electron chi connectivity index (χ3n) is 3.68. The smallest absolute Gasteiger partial charge is 0.274 e. The quantitative estimate of drug-likeness (QED) is 0.778. The number of nitrogens with zero attached hydrogens (tertiary/aromatic N) is 2. The fraction of sp³-hybridized carbons (Fsp3) is 0.167. The Hall–Kier alpha value is -3.15. The molecule has 0 fully saturated rings. The third-order valence-corrected chi connectivity index (χ3v) is 3.68. The normalized spacial score (nSPS) is 10.6. The van der Waals surface area contributed by atoms with Crippen LogP contribution in [0.2, 0.25) is 0 Å². The molecule has 2 amide bonds. The molecule has 122 valence electrons. The average Bonchev–Trinajstić information content (AvgIpc) is 2.84. The number of hydrogen-bond acceptors (Lipinski definition) is 3. The van der Waals surface area contributed by atoms with E-state index in [1.807, 2.05) is 32.2 Å². The summed E-state index contributed by atoms with van der Waals surface area (Å²) in [6.45, 7) is 5.21. The van der Waals surface area contributed by atoms with Gasteiger partial charge in [-0.15, -0.1) is 0 Å². The lowest BCUT2D eigenvalue weighted by Gasteiger charge is -2.08. The van der Waals surface area contributed by atoms with Crippen molar-refractivity contribution in [3.05, 3.63) is 59.5 Å². The fourth-order valence-electron chi connectivity index (χ4n) is 2.66. The first-order valence-corrected chi connectivity index (χ1v) is 7.59. The number of aromatic nitrogens is 2. The summed E-state index contributed by atoms with van der Waals surface area (Å²) in [7, 11) is 0. The Morgan fingerprint density at radius 2 is 1.75 bits per heavy atom. The van der Waals surface area contributed by atoms with Gasteiger partial charge in [0.1, 0.15) is 11.3 Å². The Kier molecular flexibility index (Phi) is 4.04. The monoisotopic (exact) mass is 322 g/mol. The van der Waals surface area contributed by atoms with Gasteiger partial charge in [-0.05, 0) is 43.7 Å². The van der Waals surface area contributed by atoms with Gasteiger partial charge in [-0.25, -0.2) is 4.98 Å². The second kappa shape index (κ2) is 6.16. The highest BCUT2D eigenvalue weighted by Gasteiger charge is 2.17. The molecule has 0 bridgehead atoms. The van der Waals surface area contributed by atoms with E-state index in [0.29, 0.717) is 22.8 Å². The van der Waals surface area contributed by atoms with Crippen LogP contribution in [-0.4, -0.2) is 21.2 Å². The van der Waals surface area contributed by atoms with Gasteiger partial charge < -0.3 is 10.6 Å². The molecule has 6 nitrogen and oxygen atoms in total. The van der Waals surface area contributed by atoms with Crippen LogP contribution in [-0.2, 0) is 4.79 Å². The van der Waals surface area contributed by atoms with E-state index < -0.39 is 0 Å². The molecule has 0 aliphatic rings. The van der Waals surface area contributed by atoms with Crippen molar-refractivity contribution < 1.29 is 9.59 Å². The lowest BCUT2D eigenvalue weighted by Crippen LogP contribution is -2.16. The van der Waals surface area contributed by atoms with Gasteiger partial charge in [-0.1, -0.05) is 12.1 Å². The fourth-order valence-corrected chi connectivity index (χ4v) is 2.66. The van der Waals surface area contributed by atoms with Gasteiger partial charge in [0, 0.05) is 24.5 Å². The van der Waals surface area contributed by atoms with Crippen LogP contribution >= 0.6 is 0 Å². The molecule has 24 heavy (non-hydrogen) atoms. The van der Waals surface area contributed by atoms with E-state index in [2.05, 4.69) is 15.6 Å². The van der Waals surface area contributed by atoms with Gasteiger partial charge in [-0.2, -0.15) is 0 Å². The number of hydrogen-bond donors (Lipinski definition) is 2. The van der Waals surface area contributed by atoms with Crippen molar-refractivity contribution in [2.24, 2.45) is 0 Å². The molecule has 2 N–H and O–H groups in total. The predicted octanol–water partition coefficient (Wildman–Crippen LogP) is 3.16. The van der Waals surface area contributed by atoms with Gasteiger partial charge in [0.25, 0.3) is 5.91 Å². The molecule has 3 rings (SSSR count). The van der Waals surface area contributed by atoms with Crippen LogP contribution in [0.15, 0.2) is 42.6 Å². The van der Waals surface area contributed by atoms with Crippen molar-refractivity contribution in [1.82, 2.24) is 9.38 Å². The number of aryl methyl sites for hydroxylation is 2. The minimum Gasteiger partial charge on any atom is -0.326 e. The Balaban J connectivity index is 1.92. The maximum atomic E-state index is 12.7. The molecule has 3 aromatic rings. The minimum absolute atomic E-state index is 0.161. The first-order chi connectivity index (χ1) is 11.5. The van der Waals surface area contributed by atoms with E-state index in [9.17, 15) is 9.59 Å². The number of pyridine rings is 1. The molecule has 0 unspecified atom stereocenters. The molecule has 0 aliphatic heterocycles. The molecule has 2 aromatic heterocycles. The number of nitrogens with one attached hydrogen (secondary N) is 2. The summed E-state index contributed by atoms with van der Waals surface area (Å²) in [4.78, 5) is 28.3. The highest BCUT2D eigenvalue weighted by molar-refractivity contribution is 6.05. The standard InChI is InChI=1S/C18H18N4O2/c1-11-6-5-9-22-16(12(2)19-17(11)22)18(24)21-15-8-4-7-14(10-15)20-13(3)23/h4-10H,1-3H3,(H,20,23)(H,21,24). The van der Waals surface area contributed by atoms with E-state index in [4.69, 9.17) is 0 Å². The lowest BCUT2D eigenvalue weighted by molar-refractivity contribution is -0.114. The SMILES string of the molecule is CC(=O)Nc1cccc(NC(=O)c2c(C)nc3c(C)cccn23)c1. The molecule has 0 saturated carbocycles. The second-order valence-electron chi connectivity index (χ2n) is 5.65. The van der Waals surface area contributed by atoms with Crippen LogP contribution in [0.5, 0.6) is 0 Å².